The van der Waals surface area contributed by atoms with Crippen LogP contribution >= 0.6 is 0 Å². The molecule has 1 aliphatic rings. The number of hydrogen-bond donors (Lipinski definition) is 0. The average Bonchev–Trinajstić information content (AvgIpc) is 2.86. The molecular formula is C26H36N2O5S. The van der Waals surface area contributed by atoms with Gasteiger partial charge in [0.15, 0.2) is 11.5 Å². The molecule has 0 saturated carbocycles. The second-order valence-corrected chi connectivity index (χ2v) is 11.0. The maximum absolute atomic E-state index is 13.5. The van der Waals surface area contributed by atoms with Gasteiger partial charge in [-0.15, -0.1) is 0 Å². The Balaban J connectivity index is 1.77. The molecule has 0 radical (unpaired) electrons. The van der Waals surface area contributed by atoms with E-state index in [1.54, 1.807) is 39.5 Å². The number of carbonyl (C=O) groups is 1. The molecule has 0 spiro atoms. The summed E-state index contributed by atoms with van der Waals surface area (Å²) < 4.78 is 37.9. The first kappa shape index (κ1) is 26.0. The van der Waals surface area contributed by atoms with Gasteiger partial charge in [0.05, 0.1) is 19.1 Å². The molecule has 1 amide bonds. The topological polar surface area (TPSA) is 76.2 Å². The van der Waals surface area contributed by atoms with Crippen LogP contribution in [0.1, 0.15) is 55.5 Å². The van der Waals surface area contributed by atoms with Crippen LogP contribution in [-0.2, 0) is 16.4 Å². The van der Waals surface area contributed by atoms with E-state index in [4.69, 9.17) is 9.47 Å². The van der Waals surface area contributed by atoms with E-state index in [9.17, 15) is 13.2 Å². The van der Waals surface area contributed by atoms with Crippen LogP contribution in [0.4, 0.5) is 0 Å². The van der Waals surface area contributed by atoms with Crippen molar-refractivity contribution in [2.24, 2.45) is 0 Å². The molecule has 0 aromatic heterocycles. The molecule has 2 aromatic carbocycles. The second-order valence-electron chi connectivity index (χ2n) is 9.02. The van der Waals surface area contributed by atoms with Gasteiger partial charge in [-0.25, -0.2) is 8.42 Å². The number of nitrogens with zero attached hydrogens (tertiary/aromatic N) is 2. The predicted molar refractivity (Wildman–Crippen MR) is 133 cm³/mol. The minimum atomic E-state index is -3.66. The SMILES string of the molecule is COc1ccc(CC[C@@H]2CCCCN2C(=O)c2cccc(S(=O)(=O)N(C)C(C)C)c2)cc1OC. The zero-order chi connectivity index (χ0) is 24.9. The number of amides is 1. The van der Waals surface area contributed by atoms with Crippen molar-refractivity contribution in [1.82, 2.24) is 9.21 Å². The Bertz CT molecular complexity index is 1100. The summed E-state index contributed by atoms with van der Waals surface area (Å²) in [4.78, 5) is 15.5. The van der Waals surface area contributed by atoms with E-state index in [1.165, 1.54) is 10.4 Å². The Labute approximate surface area is 203 Å². The number of piperidine rings is 1. The Hall–Kier alpha value is -2.58. The van der Waals surface area contributed by atoms with Gasteiger partial charge in [-0.2, -0.15) is 4.31 Å². The number of ether oxygens (including phenoxy) is 2. The molecule has 34 heavy (non-hydrogen) atoms. The Kier molecular flexibility index (Phi) is 8.60. The predicted octanol–water partition coefficient (Wildman–Crippen LogP) is 4.36. The summed E-state index contributed by atoms with van der Waals surface area (Å²) in [5.74, 6) is 1.28. The lowest BCUT2D eigenvalue weighted by atomic mass is 9.95. The van der Waals surface area contributed by atoms with E-state index >= 15 is 0 Å². The van der Waals surface area contributed by atoms with Gasteiger partial charge < -0.3 is 14.4 Å². The Morgan fingerprint density at radius 2 is 1.82 bits per heavy atom. The van der Waals surface area contributed by atoms with Crippen molar-refractivity contribution in [1.29, 1.82) is 0 Å². The van der Waals surface area contributed by atoms with Crippen molar-refractivity contribution in [2.45, 2.75) is 62.9 Å². The van der Waals surface area contributed by atoms with E-state index in [-0.39, 0.29) is 22.9 Å². The van der Waals surface area contributed by atoms with Crippen LogP contribution in [-0.4, -0.2) is 63.4 Å². The lowest BCUT2D eigenvalue weighted by Crippen LogP contribution is -2.44. The molecule has 2 aromatic rings. The maximum Gasteiger partial charge on any atom is 0.254 e. The third-order valence-corrected chi connectivity index (χ3v) is 8.62. The fourth-order valence-electron chi connectivity index (χ4n) is 4.34. The summed E-state index contributed by atoms with van der Waals surface area (Å²) >= 11 is 0. The first-order valence-electron chi connectivity index (χ1n) is 11.8. The number of hydrogen-bond acceptors (Lipinski definition) is 5. The molecule has 186 valence electrons. The Morgan fingerprint density at radius 3 is 2.50 bits per heavy atom. The standard InChI is InChI=1S/C26H36N2O5S/c1-19(2)27(3)34(30,31)23-11-8-9-21(18-23)26(29)28-16-7-6-10-22(28)14-12-20-13-15-24(32-4)25(17-20)33-5/h8-9,11,13,15,17-19,22H,6-7,10,12,14,16H2,1-5H3/t22-/m0/s1. The lowest BCUT2D eigenvalue weighted by molar-refractivity contribution is 0.0601. The van der Waals surface area contributed by atoms with E-state index in [0.29, 0.717) is 23.6 Å². The van der Waals surface area contributed by atoms with Crippen molar-refractivity contribution in [3.63, 3.8) is 0 Å². The number of likely N-dealkylation sites (tertiary alicyclic amines) is 1. The highest BCUT2D eigenvalue weighted by molar-refractivity contribution is 7.89. The first-order valence-corrected chi connectivity index (χ1v) is 13.2. The van der Waals surface area contributed by atoms with Gasteiger partial charge in [0.1, 0.15) is 0 Å². The first-order chi connectivity index (χ1) is 16.2. The molecule has 1 aliphatic heterocycles. The summed E-state index contributed by atoms with van der Waals surface area (Å²) in [7, 11) is 1.14. The van der Waals surface area contributed by atoms with Gasteiger partial charge in [-0.05, 0) is 81.8 Å². The molecule has 0 bridgehead atoms. The molecule has 0 N–H and O–H groups in total. The van der Waals surface area contributed by atoms with Crippen LogP contribution < -0.4 is 9.47 Å². The van der Waals surface area contributed by atoms with E-state index in [2.05, 4.69) is 0 Å². The van der Waals surface area contributed by atoms with Gasteiger partial charge in [-0.3, -0.25) is 4.79 Å². The number of sulfonamides is 1. The zero-order valence-electron chi connectivity index (χ0n) is 20.8. The molecule has 1 fully saturated rings. The number of carbonyl (C=O) groups excluding carboxylic acids is 1. The molecule has 1 saturated heterocycles. The van der Waals surface area contributed by atoms with Gasteiger partial charge >= 0.3 is 0 Å². The van der Waals surface area contributed by atoms with Crippen molar-refractivity contribution in [3.8, 4) is 11.5 Å². The van der Waals surface area contributed by atoms with Crippen molar-refractivity contribution in [3.05, 3.63) is 53.6 Å². The fourth-order valence-corrected chi connectivity index (χ4v) is 5.75. The summed E-state index contributed by atoms with van der Waals surface area (Å²) in [5.41, 5.74) is 1.54. The molecule has 1 heterocycles. The van der Waals surface area contributed by atoms with Crippen LogP contribution in [0.5, 0.6) is 11.5 Å². The Morgan fingerprint density at radius 1 is 1.09 bits per heavy atom. The zero-order valence-corrected chi connectivity index (χ0v) is 21.6. The van der Waals surface area contributed by atoms with Crippen molar-refractivity contribution < 1.29 is 22.7 Å². The molecule has 0 unspecified atom stereocenters. The van der Waals surface area contributed by atoms with E-state index in [0.717, 1.165) is 37.7 Å². The summed E-state index contributed by atoms with van der Waals surface area (Å²) in [6.07, 6.45) is 4.60. The highest BCUT2D eigenvalue weighted by Gasteiger charge is 2.29. The second kappa shape index (κ2) is 11.2. The molecule has 0 aliphatic carbocycles. The minimum absolute atomic E-state index is 0.105. The number of methoxy groups -OCH3 is 2. The summed E-state index contributed by atoms with van der Waals surface area (Å²) in [6.45, 7) is 4.32. The van der Waals surface area contributed by atoms with Crippen LogP contribution in [0.3, 0.4) is 0 Å². The summed E-state index contributed by atoms with van der Waals surface area (Å²) in [5, 5.41) is 0. The fraction of sp³-hybridized carbons (Fsp3) is 0.500. The normalized spacial score (nSPS) is 16.7. The van der Waals surface area contributed by atoms with Crippen molar-refractivity contribution in [2.75, 3.05) is 27.8 Å². The van der Waals surface area contributed by atoms with Crippen LogP contribution in [0.2, 0.25) is 0 Å². The lowest BCUT2D eigenvalue weighted by Gasteiger charge is -2.36. The van der Waals surface area contributed by atoms with Crippen LogP contribution in [0, 0.1) is 0 Å². The largest absolute Gasteiger partial charge is 0.493 e. The van der Waals surface area contributed by atoms with Crippen molar-refractivity contribution >= 4 is 15.9 Å². The third kappa shape index (κ3) is 5.73. The molecular weight excluding hydrogens is 452 g/mol. The number of aryl methyl sites for hydroxylation is 1. The third-order valence-electron chi connectivity index (χ3n) is 6.59. The highest BCUT2D eigenvalue weighted by Crippen LogP contribution is 2.30. The number of benzene rings is 2. The van der Waals surface area contributed by atoms with Gasteiger partial charge in [0.25, 0.3) is 5.91 Å². The highest BCUT2D eigenvalue weighted by atomic mass is 32.2. The molecule has 8 heteroatoms. The van der Waals surface area contributed by atoms with Crippen LogP contribution in [0.25, 0.3) is 0 Å². The monoisotopic (exact) mass is 488 g/mol. The molecule has 7 nitrogen and oxygen atoms in total. The smallest absolute Gasteiger partial charge is 0.254 e. The number of rotatable bonds is 9. The van der Waals surface area contributed by atoms with E-state index < -0.39 is 10.0 Å². The minimum Gasteiger partial charge on any atom is -0.493 e. The quantitative estimate of drug-likeness (QED) is 0.524. The average molecular weight is 489 g/mol. The van der Waals surface area contributed by atoms with E-state index in [1.807, 2.05) is 36.9 Å². The molecule has 1 atom stereocenters. The maximum atomic E-state index is 13.5. The van der Waals surface area contributed by atoms with Gasteiger partial charge in [0, 0.05) is 31.2 Å². The van der Waals surface area contributed by atoms with Gasteiger partial charge in [0.2, 0.25) is 10.0 Å². The van der Waals surface area contributed by atoms with Gasteiger partial charge in [-0.1, -0.05) is 12.1 Å². The van der Waals surface area contributed by atoms with Crippen LogP contribution in [0.15, 0.2) is 47.4 Å². The molecule has 3 rings (SSSR count). The summed E-state index contributed by atoms with van der Waals surface area (Å²) in [6, 6.07) is 12.3.